The molecule has 0 aliphatic rings. The van der Waals surface area contributed by atoms with Crippen molar-refractivity contribution in [1.29, 1.82) is 0 Å². The van der Waals surface area contributed by atoms with E-state index in [-0.39, 0.29) is 11.6 Å². The minimum absolute atomic E-state index is 0.0956. The topological polar surface area (TPSA) is 109 Å². The zero-order valence-corrected chi connectivity index (χ0v) is 26.9. The summed E-state index contributed by atoms with van der Waals surface area (Å²) in [5, 5.41) is 8.61. The number of hydrogen-bond donors (Lipinski definition) is 3. The van der Waals surface area contributed by atoms with Crippen LogP contribution in [-0.2, 0) is 9.59 Å². The maximum absolute atomic E-state index is 13.3. The van der Waals surface area contributed by atoms with Crippen molar-refractivity contribution >= 4 is 83.9 Å². The second kappa shape index (κ2) is 14.3. The molecule has 0 aliphatic heterocycles. The van der Waals surface area contributed by atoms with E-state index in [0.717, 1.165) is 30.9 Å². The Morgan fingerprint density at radius 2 is 1.66 bits per heavy atom. The number of anilines is 2. The van der Waals surface area contributed by atoms with Gasteiger partial charge in [0.15, 0.2) is 5.13 Å². The molecule has 11 heteroatoms. The maximum Gasteiger partial charge on any atom is 0.272 e. The summed E-state index contributed by atoms with van der Waals surface area (Å²) in [6, 6.07) is 28.8. The molecular weight excluding hydrogens is 660 g/mol. The first-order valence-corrected chi connectivity index (χ1v) is 15.9. The highest BCUT2D eigenvalue weighted by Crippen LogP contribution is 2.31. The van der Waals surface area contributed by atoms with Crippen LogP contribution in [0.2, 0.25) is 0 Å². The number of thiazole rings is 1. The number of aromatic nitrogens is 1. The summed E-state index contributed by atoms with van der Waals surface area (Å²) in [6.45, 7) is 1.82. The predicted octanol–water partition coefficient (Wildman–Crippen LogP) is 7.60. The van der Waals surface area contributed by atoms with Crippen LogP contribution >= 0.6 is 39.0 Å². The Labute approximate surface area is 271 Å². The van der Waals surface area contributed by atoms with E-state index >= 15 is 0 Å². The molecule has 222 valence electrons. The highest BCUT2D eigenvalue weighted by molar-refractivity contribution is 9.10. The van der Waals surface area contributed by atoms with E-state index in [1.807, 2.05) is 67.6 Å². The van der Waals surface area contributed by atoms with Gasteiger partial charge in [-0.2, -0.15) is 0 Å². The van der Waals surface area contributed by atoms with E-state index in [1.54, 1.807) is 49.6 Å². The molecule has 0 spiro atoms. The summed E-state index contributed by atoms with van der Waals surface area (Å²) in [5.41, 5.74) is 2.61. The number of methoxy groups -OCH3 is 1. The number of fused-ring (bicyclic) bond motifs is 1. The van der Waals surface area contributed by atoms with Gasteiger partial charge in [-0.3, -0.25) is 14.4 Å². The van der Waals surface area contributed by atoms with E-state index in [0.29, 0.717) is 16.4 Å². The number of amides is 3. The van der Waals surface area contributed by atoms with Gasteiger partial charge in [-0.05, 0) is 85.3 Å². The molecule has 5 rings (SSSR count). The number of rotatable bonds is 10. The van der Waals surface area contributed by atoms with Crippen LogP contribution in [0.25, 0.3) is 16.3 Å². The Morgan fingerprint density at radius 3 is 2.36 bits per heavy atom. The van der Waals surface area contributed by atoms with Crippen LogP contribution < -0.4 is 20.7 Å². The van der Waals surface area contributed by atoms with Crippen LogP contribution in [0.4, 0.5) is 10.8 Å². The molecule has 0 saturated heterocycles. The SMILES string of the molecule is COc1ccc2nc(NC(=O)C(C)Sc3ccc(NC(=O)/C(=C/c4ccc(Br)cc4)NC(=O)c4ccccc4)cc3)sc2c1. The minimum Gasteiger partial charge on any atom is -0.497 e. The number of carbonyl (C=O) groups excluding carboxylic acids is 3. The van der Waals surface area contributed by atoms with Gasteiger partial charge in [0.25, 0.3) is 11.8 Å². The van der Waals surface area contributed by atoms with Gasteiger partial charge in [-0.15, -0.1) is 11.8 Å². The van der Waals surface area contributed by atoms with Gasteiger partial charge < -0.3 is 20.7 Å². The number of benzene rings is 4. The fraction of sp³-hybridized carbons (Fsp3) is 0.0909. The summed E-state index contributed by atoms with van der Waals surface area (Å²) in [5.74, 6) is -0.306. The van der Waals surface area contributed by atoms with Crippen LogP contribution in [0.5, 0.6) is 5.75 Å². The number of ether oxygens (including phenoxy) is 1. The first kappa shape index (κ1) is 31.0. The molecule has 44 heavy (non-hydrogen) atoms. The number of nitrogens with one attached hydrogen (secondary N) is 3. The number of carbonyl (C=O) groups is 3. The molecule has 0 bridgehead atoms. The molecule has 1 atom stereocenters. The number of hydrogen-bond acceptors (Lipinski definition) is 7. The van der Waals surface area contributed by atoms with Crippen molar-refractivity contribution in [1.82, 2.24) is 10.3 Å². The molecule has 3 amide bonds. The quantitative estimate of drug-likeness (QED) is 0.103. The summed E-state index contributed by atoms with van der Waals surface area (Å²) in [6.07, 6.45) is 1.62. The second-order valence-electron chi connectivity index (χ2n) is 9.51. The molecule has 4 aromatic carbocycles. The van der Waals surface area contributed by atoms with Gasteiger partial charge in [0.2, 0.25) is 5.91 Å². The fourth-order valence-corrected chi connectivity index (χ4v) is 6.06. The van der Waals surface area contributed by atoms with Gasteiger partial charge in [-0.25, -0.2) is 4.98 Å². The average Bonchev–Trinajstić information content (AvgIpc) is 3.44. The van der Waals surface area contributed by atoms with Crippen LogP contribution in [0.1, 0.15) is 22.8 Å². The second-order valence-corrected chi connectivity index (χ2v) is 12.9. The van der Waals surface area contributed by atoms with Crippen molar-refractivity contribution in [2.24, 2.45) is 0 Å². The molecule has 3 N–H and O–H groups in total. The summed E-state index contributed by atoms with van der Waals surface area (Å²) < 4.78 is 7.08. The zero-order chi connectivity index (χ0) is 31.1. The Morgan fingerprint density at radius 1 is 0.932 bits per heavy atom. The first-order valence-electron chi connectivity index (χ1n) is 13.4. The fourth-order valence-electron chi connectivity index (χ4n) is 4.03. The highest BCUT2D eigenvalue weighted by Gasteiger charge is 2.18. The average molecular weight is 688 g/mol. The van der Waals surface area contributed by atoms with Crippen molar-refractivity contribution in [3.8, 4) is 5.75 Å². The van der Waals surface area contributed by atoms with Gasteiger partial charge >= 0.3 is 0 Å². The molecule has 0 aliphatic carbocycles. The Bertz CT molecular complexity index is 1820. The Balaban J connectivity index is 1.22. The van der Waals surface area contributed by atoms with Crippen molar-refractivity contribution in [3.05, 3.63) is 118 Å². The molecule has 0 radical (unpaired) electrons. The van der Waals surface area contributed by atoms with E-state index in [1.165, 1.54) is 23.1 Å². The molecule has 1 aromatic heterocycles. The lowest BCUT2D eigenvalue weighted by molar-refractivity contribution is -0.115. The summed E-state index contributed by atoms with van der Waals surface area (Å²) in [7, 11) is 1.61. The van der Waals surface area contributed by atoms with Crippen LogP contribution in [0.15, 0.2) is 112 Å². The van der Waals surface area contributed by atoms with Crippen molar-refractivity contribution < 1.29 is 19.1 Å². The molecule has 1 unspecified atom stereocenters. The standard InChI is InChI=1S/C33H27BrN4O4S2/c1-20(30(39)38-33-37-27-17-14-25(42-2)19-29(27)44-33)43-26-15-12-24(13-16-26)35-32(41)28(18-21-8-10-23(34)11-9-21)36-31(40)22-6-4-3-5-7-22/h3-20H,1-2H3,(H,35,41)(H,36,40)(H,37,38,39)/b28-18-. The third kappa shape index (κ3) is 8.13. The zero-order valence-electron chi connectivity index (χ0n) is 23.7. The predicted molar refractivity (Wildman–Crippen MR) is 181 cm³/mol. The summed E-state index contributed by atoms with van der Waals surface area (Å²) >= 11 is 6.18. The third-order valence-electron chi connectivity index (χ3n) is 6.33. The van der Waals surface area contributed by atoms with Crippen LogP contribution in [0, 0.1) is 0 Å². The van der Waals surface area contributed by atoms with Gasteiger partial charge in [0.1, 0.15) is 11.4 Å². The number of nitrogens with zero attached hydrogens (tertiary/aromatic N) is 1. The van der Waals surface area contributed by atoms with Gasteiger partial charge in [0, 0.05) is 20.6 Å². The van der Waals surface area contributed by atoms with Crippen molar-refractivity contribution in [2.45, 2.75) is 17.1 Å². The van der Waals surface area contributed by atoms with E-state index in [4.69, 9.17) is 4.74 Å². The van der Waals surface area contributed by atoms with E-state index < -0.39 is 17.1 Å². The Hall–Kier alpha value is -4.45. The molecule has 8 nitrogen and oxygen atoms in total. The summed E-state index contributed by atoms with van der Waals surface area (Å²) in [4.78, 5) is 44.4. The van der Waals surface area contributed by atoms with Gasteiger partial charge in [0.05, 0.1) is 22.6 Å². The van der Waals surface area contributed by atoms with Crippen LogP contribution in [0.3, 0.4) is 0 Å². The van der Waals surface area contributed by atoms with Crippen molar-refractivity contribution in [3.63, 3.8) is 0 Å². The van der Waals surface area contributed by atoms with E-state index in [9.17, 15) is 14.4 Å². The first-order chi connectivity index (χ1) is 21.3. The molecule has 5 aromatic rings. The maximum atomic E-state index is 13.3. The molecule has 0 fully saturated rings. The number of halogens is 1. The molecule has 0 saturated carbocycles. The number of thioether (sulfide) groups is 1. The molecule has 1 heterocycles. The lowest BCUT2D eigenvalue weighted by Gasteiger charge is -2.13. The monoisotopic (exact) mass is 686 g/mol. The lowest BCUT2D eigenvalue weighted by atomic mass is 10.1. The smallest absolute Gasteiger partial charge is 0.272 e. The Kier molecular flexibility index (Phi) is 10.1. The third-order valence-corrected chi connectivity index (χ3v) is 8.90. The van der Waals surface area contributed by atoms with Gasteiger partial charge in [-0.1, -0.05) is 57.6 Å². The van der Waals surface area contributed by atoms with Crippen LogP contribution in [-0.4, -0.2) is 35.1 Å². The van der Waals surface area contributed by atoms with E-state index in [2.05, 4.69) is 36.9 Å². The minimum atomic E-state index is -0.473. The van der Waals surface area contributed by atoms with Crippen molar-refractivity contribution in [2.75, 3.05) is 17.7 Å². The molecular formula is C33H27BrN4O4S2. The highest BCUT2D eigenvalue weighted by atomic mass is 79.9. The largest absolute Gasteiger partial charge is 0.497 e. The lowest BCUT2D eigenvalue weighted by Crippen LogP contribution is -2.30. The normalized spacial score (nSPS) is 11.9.